The van der Waals surface area contributed by atoms with E-state index in [2.05, 4.69) is 16.2 Å². The molecular formula is C34H47N7O11. The van der Waals surface area contributed by atoms with Gasteiger partial charge in [0.25, 0.3) is 5.91 Å². The second kappa shape index (κ2) is 23.1. The molecule has 0 saturated heterocycles. The Labute approximate surface area is 300 Å². The lowest BCUT2D eigenvalue weighted by atomic mass is 10.1. The third-order valence-electron chi connectivity index (χ3n) is 7.67. The molecule has 0 aliphatic heterocycles. The Hall–Kier alpha value is -5.43. The Morgan fingerprint density at radius 2 is 1.02 bits per heavy atom. The van der Waals surface area contributed by atoms with E-state index in [1.54, 1.807) is 29.2 Å². The average molecular weight is 730 g/mol. The van der Waals surface area contributed by atoms with Crippen molar-refractivity contribution in [1.82, 2.24) is 30.9 Å². The summed E-state index contributed by atoms with van der Waals surface area (Å²) >= 11 is 0. The monoisotopic (exact) mass is 729 g/mol. The summed E-state index contributed by atoms with van der Waals surface area (Å²) in [7, 11) is 0. The first-order valence-corrected chi connectivity index (χ1v) is 16.5. The zero-order valence-corrected chi connectivity index (χ0v) is 28.7. The maximum atomic E-state index is 12.9. The minimum atomic E-state index is -1.24. The summed E-state index contributed by atoms with van der Waals surface area (Å²) in [5.41, 5.74) is 13.3. The van der Waals surface area contributed by atoms with Gasteiger partial charge in [-0.2, -0.15) is 0 Å². The van der Waals surface area contributed by atoms with Crippen LogP contribution >= 0.6 is 0 Å². The van der Waals surface area contributed by atoms with Crippen molar-refractivity contribution in [2.24, 2.45) is 5.73 Å². The molecule has 0 saturated carbocycles. The van der Waals surface area contributed by atoms with Crippen molar-refractivity contribution in [1.29, 1.82) is 0 Å². The van der Waals surface area contributed by atoms with Gasteiger partial charge < -0.3 is 31.5 Å². The van der Waals surface area contributed by atoms with Gasteiger partial charge in [-0.3, -0.25) is 59.1 Å². The van der Waals surface area contributed by atoms with Gasteiger partial charge in [0.2, 0.25) is 11.8 Å². The number of nitrogens with zero attached hydrogens (tertiary/aromatic N) is 3. The number of aliphatic carboxylic acids is 4. The van der Waals surface area contributed by atoms with E-state index in [1.807, 2.05) is 30.3 Å². The van der Waals surface area contributed by atoms with Gasteiger partial charge in [0.05, 0.1) is 38.8 Å². The summed E-state index contributed by atoms with van der Waals surface area (Å²) in [5.74, 6) is -6.29. The lowest BCUT2D eigenvalue weighted by molar-refractivity contribution is -0.143. The fourth-order valence-corrected chi connectivity index (χ4v) is 4.95. The molecule has 3 amide bonds. The van der Waals surface area contributed by atoms with Gasteiger partial charge in [0.1, 0.15) is 0 Å². The molecule has 0 heterocycles. The molecule has 2 rings (SSSR count). The molecule has 0 radical (unpaired) electrons. The molecular weight excluding hydrogens is 682 g/mol. The van der Waals surface area contributed by atoms with E-state index in [1.165, 1.54) is 0 Å². The Morgan fingerprint density at radius 1 is 0.558 bits per heavy atom. The van der Waals surface area contributed by atoms with Crippen LogP contribution in [0.5, 0.6) is 0 Å². The minimum absolute atomic E-state index is 0.0367. The van der Waals surface area contributed by atoms with E-state index in [0.29, 0.717) is 19.3 Å². The van der Waals surface area contributed by atoms with E-state index in [0.717, 1.165) is 26.5 Å². The van der Waals surface area contributed by atoms with Gasteiger partial charge in [-0.25, -0.2) is 0 Å². The molecule has 0 aliphatic carbocycles. The maximum absolute atomic E-state index is 12.9. The number of carboxylic acid groups (broad SMARTS) is 4. The van der Waals surface area contributed by atoms with Gasteiger partial charge in [-0.1, -0.05) is 54.6 Å². The van der Waals surface area contributed by atoms with Gasteiger partial charge in [-0.15, -0.1) is 0 Å². The highest BCUT2D eigenvalue weighted by molar-refractivity contribution is 5.85. The number of carbonyl (C=O) groups is 7. The standard InChI is InChI=1S/C34H47N7O11/c35-27(12-10-24-4-2-1-3-5-24)34(52)38-37-28(42)13-11-25-6-8-26(9-7-25)18-36-29(43)19-39(14-16-40(20-30(44)45)21-31(46)47)15-17-41(22-32(48)49)23-33(50)51/h1-9,27H,10-23,35H2,(H,36,43)(H,37,42)(H,38,52)(H,44,45)(H,46,47)(H,48,49)(H,50,51). The lowest BCUT2D eigenvalue weighted by Crippen LogP contribution is -2.49. The van der Waals surface area contributed by atoms with Crippen molar-refractivity contribution in [3.63, 3.8) is 0 Å². The molecule has 0 aromatic heterocycles. The second-order valence-electron chi connectivity index (χ2n) is 12.0. The quantitative estimate of drug-likeness (QED) is 0.0546. The fourth-order valence-electron chi connectivity index (χ4n) is 4.95. The summed E-state index contributed by atoms with van der Waals surface area (Å²) < 4.78 is 0. The van der Waals surface area contributed by atoms with Crippen LogP contribution in [0.1, 0.15) is 29.5 Å². The van der Waals surface area contributed by atoms with Crippen LogP contribution in [-0.4, -0.2) is 142 Å². The summed E-state index contributed by atoms with van der Waals surface area (Å²) in [6.07, 6.45) is 1.52. The van der Waals surface area contributed by atoms with Crippen LogP contribution < -0.4 is 21.9 Å². The van der Waals surface area contributed by atoms with Crippen molar-refractivity contribution in [3.05, 3.63) is 71.3 Å². The first-order valence-electron chi connectivity index (χ1n) is 16.5. The molecule has 0 spiro atoms. The zero-order valence-electron chi connectivity index (χ0n) is 28.7. The summed E-state index contributed by atoms with van der Waals surface area (Å²) in [6, 6.07) is 15.9. The normalized spacial score (nSPS) is 11.6. The highest BCUT2D eigenvalue weighted by atomic mass is 16.4. The number of nitrogens with two attached hydrogens (primary N) is 1. The van der Waals surface area contributed by atoms with Gasteiger partial charge in [0.15, 0.2) is 0 Å². The lowest BCUT2D eigenvalue weighted by Gasteiger charge is -2.28. The number of amides is 3. The first-order chi connectivity index (χ1) is 24.7. The molecule has 284 valence electrons. The van der Waals surface area contributed by atoms with Crippen LogP contribution in [0.15, 0.2) is 54.6 Å². The predicted molar refractivity (Wildman–Crippen MR) is 185 cm³/mol. The molecule has 0 bridgehead atoms. The molecule has 0 aliphatic rings. The SMILES string of the molecule is NC(CCc1ccccc1)C(=O)NNC(=O)CCc1ccc(CNC(=O)CN(CCN(CC(=O)O)CC(=O)O)CCN(CC(=O)O)CC(=O)O)cc1. The second-order valence-corrected chi connectivity index (χ2v) is 12.0. The van der Waals surface area contributed by atoms with Crippen LogP contribution in [0.4, 0.5) is 0 Å². The number of hydrazine groups is 1. The van der Waals surface area contributed by atoms with Crippen LogP contribution in [0, 0.1) is 0 Å². The zero-order chi connectivity index (χ0) is 38.5. The summed E-state index contributed by atoms with van der Waals surface area (Å²) in [6.45, 7) is -2.33. The summed E-state index contributed by atoms with van der Waals surface area (Å²) in [4.78, 5) is 86.1. The number of hydrogen-bond acceptors (Lipinski definition) is 11. The Morgan fingerprint density at radius 3 is 1.52 bits per heavy atom. The summed E-state index contributed by atoms with van der Waals surface area (Å²) in [5, 5.41) is 39.3. The average Bonchev–Trinajstić information content (AvgIpc) is 3.08. The van der Waals surface area contributed by atoms with E-state index in [-0.39, 0.29) is 45.7 Å². The van der Waals surface area contributed by atoms with Crippen LogP contribution in [0.3, 0.4) is 0 Å². The van der Waals surface area contributed by atoms with E-state index >= 15 is 0 Å². The molecule has 2 aromatic carbocycles. The smallest absolute Gasteiger partial charge is 0.317 e. The van der Waals surface area contributed by atoms with Crippen molar-refractivity contribution < 1.29 is 54.0 Å². The highest BCUT2D eigenvalue weighted by Gasteiger charge is 2.20. The molecule has 1 unspecified atom stereocenters. The first kappa shape index (κ1) is 42.7. The number of benzene rings is 2. The van der Waals surface area contributed by atoms with Crippen molar-refractivity contribution in [2.75, 3.05) is 58.9 Å². The van der Waals surface area contributed by atoms with Gasteiger partial charge in [-0.05, 0) is 36.0 Å². The third kappa shape index (κ3) is 19.1. The van der Waals surface area contributed by atoms with Crippen LogP contribution in [-0.2, 0) is 52.9 Å². The number of hydrogen-bond donors (Lipinski definition) is 8. The molecule has 18 heteroatoms. The largest absolute Gasteiger partial charge is 0.480 e. The van der Waals surface area contributed by atoms with E-state index < -0.39 is 73.8 Å². The van der Waals surface area contributed by atoms with Crippen molar-refractivity contribution >= 4 is 41.6 Å². The van der Waals surface area contributed by atoms with Gasteiger partial charge >= 0.3 is 23.9 Å². The van der Waals surface area contributed by atoms with E-state index in [4.69, 9.17) is 26.2 Å². The number of carboxylic acids is 4. The molecule has 9 N–H and O–H groups in total. The maximum Gasteiger partial charge on any atom is 0.317 e. The van der Waals surface area contributed by atoms with Crippen LogP contribution in [0.2, 0.25) is 0 Å². The minimum Gasteiger partial charge on any atom is -0.480 e. The van der Waals surface area contributed by atoms with Crippen LogP contribution in [0.25, 0.3) is 0 Å². The van der Waals surface area contributed by atoms with Gasteiger partial charge in [0, 0.05) is 39.1 Å². The number of carbonyl (C=O) groups excluding carboxylic acids is 3. The number of aryl methyl sites for hydroxylation is 2. The Kier molecular flexibility index (Phi) is 19.0. The predicted octanol–water partition coefficient (Wildman–Crippen LogP) is -1.41. The molecule has 52 heavy (non-hydrogen) atoms. The fraction of sp³-hybridized carbons (Fsp3) is 0.441. The highest BCUT2D eigenvalue weighted by Crippen LogP contribution is 2.08. The van der Waals surface area contributed by atoms with Crippen molar-refractivity contribution in [3.8, 4) is 0 Å². The Bertz CT molecular complexity index is 1420. The Balaban J connectivity index is 1.85. The molecule has 1 atom stereocenters. The van der Waals surface area contributed by atoms with Crippen molar-refractivity contribution in [2.45, 2.75) is 38.3 Å². The van der Waals surface area contributed by atoms with E-state index in [9.17, 15) is 33.6 Å². The molecule has 18 nitrogen and oxygen atoms in total. The number of nitrogens with one attached hydrogen (secondary N) is 3. The molecule has 0 fully saturated rings. The number of rotatable bonds is 25. The molecule has 2 aromatic rings. The topological polar surface area (TPSA) is 272 Å². The third-order valence-corrected chi connectivity index (χ3v) is 7.67.